The molecular weight excluding hydrogens is 208 g/mol. The van der Waals surface area contributed by atoms with Gasteiger partial charge < -0.3 is 14.1 Å². The largest absolute Gasteiger partial charge is 0.478 e. The zero-order chi connectivity index (χ0) is 11.7. The van der Waals surface area contributed by atoms with E-state index in [2.05, 4.69) is 4.98 Å². The maximum atomic E-state index is 10.9. The van der Waals surface area contributed by atoms with Gasteiger partial charge in [-0.2, -0.15) is 0 Å². The van der Waals surface area contributed by atoms with E-state index in [1.54, 1.807) is 6.33 Å². The lowest BCUT2D eigenvalue weighted by atomic mass is 10.2. The average molecular weight is 220 g/mol. The van der Waals surface area contributed by atoms with Gasteiger partial charge in [0.2, 0.25) is 0 Å². The number of hydrogen-bond donors (Lipinski definition) is 1. The molecular formula is C11H12N2O3. The Balaban J connectivity index is 2.30. The Kier molecular flexibility index (Phi) is 2.52. The van der Waals surface area contributed by atoms with Crippen molar-refractivity contribution >= 4 is 5.97 Å². The molecule has 2 heterocycles. The summed E-state index contributed by atoms with van der Waals surface area (Å²) in [6, 6.07) is 1.46. The average Bonchev–Trinajstić information content (AvgIpc) is 2.80. The maximum absolute atomic E-state index is 10.9. The van der Waals surface area contributed by atoms with Gasteiger partial charge in [0.1, 0.15) is 11.3 Å². The normalized spacial score (nSPS) is 10.6. The van der Waals surface area contributed by atoms with Gasteiger partial charge in [-0.3, -0.25) is 0 Å². The number of nitrogens with zero attached hydrogens (tertiary/aromatic N) is 2. The van der Waals surface area contributed by atoms with Crippen LogP contribution in [0.5, 0.6) is 0 Å². The van der Waals surface area contributed by atoms with Crippen LogP contribution in [0.4, 0.5) is 0 Å². The number of imidazole rings is 1. The molecule has 16 heavy (non-hydrogen) atoms. The van der Waals surface area contributed by atoms with Crippen molar-refractivity contribution in [1.29, 1.82) is 0 Å². The number of hydrogen-bond acceptors (Lipinski definition) is 3. The van der Waals surface area contributed by atoms with Gasteiger partial charge in [0.05, 0.1) is 24.8 Å². The Bertz CT molecular complexity index is 525. The van der Waals surface area contributed by atoms with Gasteiger partial charge in [-0.15, -0.1) is 0 Å². The Hall–Kier alpha value is -2.04. The summed E-state index contributed by atoms with van der Waals surface area (Å²) in [6.07, 6.45) is 3.07. The summed E-state index contributed by atoms with van der Waals surface area (Å²) in [6.45, 7) is 4.24. The number of furan rings is 1. The highest BCUT2D eigenvalue weighted by atomic mass is 16.4. The molecule has 2 aromatic heterocycles. The van der Waals surface area contributed by atoms with Gasteiger partial charge >= 0.3 is 5.97 Å². The molecule has 0 saturated heterocycles. The lowest BCUT2D eigenvalue weighted by Gasteiger charge is -2.03. The maximum Gasteiger partial charge on any atom is 0.339 e. The fourth-order valence-electron chi connectivity index (χ4n) is 1.51. The fourth-order valence-corrected chi connectivity index (χ4v) is 1.51. The highest BCUT2D eigenvalue weighted by Gasteiger charge is 2.14. The Labute approximate surface area is 92.3 Å². The second kappa shape index (κ2) is 3.84. The van der Waals surface area contributed by atoms with E-state index in [9.17, 15) is 4.79 Å². The standard InChI is InChI=1S/C11H12N2O3/c1-7-8(2)13(6-12-7)5-10-9(11(14)15)3-4-16-10/h3-4,6H,5H2,1-2H3,(H,14,15). The molecule has 0 aliphatic carbocycles. The van der Waals surface area contributed by atoms with Crippen LogP contribution in [0.1, 0.15) is 27.5 Å². The molecule has 0 aliphatic rings. The van der Waals surface area contributed by atoms with Crippen molar-refractivity contribution in [1.82, 2.24) is 9.55 Å². The summed E-state index contributed by atoms with van der Waals surface area (Å²) in [5.41, 5.74) is 2.14. The Morgan fingerprint density at radius 3 is 2.88 bits per heavy atom. The number of carbonyl (C=O) groups is 1. The quantitative estimate of drug-likeness (QED) is 0.856. The van der Waals surface area contributed by atoms with E-state index in [0.717, 1.165) is 11.4 Å². The lowest BCUT2D eigenvalue weighted by molar-refractivity contribution is 0.0694. The minimum Gasteiger partial charge on any atom is -0.478 e. The van der Waals surface area contributed by atoms with E-state index in [1.807, 2.05) is 18.4 Å². The second-order valence-corrected chi connectivity index (χ2v) is 3.61. The van der Waals surface area contributed by atoms with Gasteiger partial charge in [-0.05, 0) is 19.9 Å². The molecule has 0 radical (unpaired) electrons. The number of carboxylic acids is 1. The SMILES string of the molecule is Cc1ncn(Cc2occc2C(=O)O)c1C. The molecule has 1 N–H and O–H groups in total. The van der Waals surface area contributed by atoms with Crippen LogP contribution in [0, 0.1) is 13.8 Å². The van der Waals surface area contributed by atoms with Crippen LogP contribution in [0.2, 0.25) is 0 Å². The summed E-state index contributed by atoms with van der Waals surface area (Å²) in [4.78, 5) is 15.0. The highest BCUT2D eigenvalue weighted by Crippen LogP contribution is 2.14. The number of aryl methyl sites for hydroxylation is 1. The third-order valence-corrected chi connectivity index (χ3v) is 2.63. The number of aromatic carboxylic acids is 1. The van der Waals surface area contributed by atoms with Crippen molar-refractivity contribution in [2.45, 2.75) is 20.4 Å². The van der Waals surface area contributed by atoms with E-state index < -0.39 is 5.97 Å². The first kappa shape index (κ1) is 10.5. The molecule has 0 amide bonds. The fraction of sp³-hybridized carbons (Fsp3) is 0.273. The smallest absolute Gasteiger partial charge is 0.339 e. The zero-order valence-electron chi connectivity index (χ0n) is 9.10. The van der Waals surface area contributed by atoms with E-state index >= 15 is 0 Å². The lowest BCUT2D eigenvalue weighted by Crippen LogP contribution is -2.05. The molecule has 0 aliphatic heterocycles. The molecule has 0 fully saturated rings. The molecule has 0 atom stereocenters. The number of aromatic nitrogens is 2. The minimum absolute atomic E-state index is 0.200. The van der Waals surface area contributed by atoms with Gasteiger partial charge in [-0.25, -0.2) is 9.78 Å². The second-order valence-electron chi connectivity index (χ2n) is 3.61. The molecule has 5 heteroatoms. The van der Waals surface area contributed by atoms with Crippen molar-refractivity contribution in [3.63, 3.8) is 0 Å². The van der Waals surface area contributed by atoms with Gasteiger partial charge in [0, 0.05) is 5.69 Å². The topological polar surface area (TPSA) is 68.3 Å². The summed E-state index contributed by atoms with van der Waals surface area (Å²) in [7, 11) is 0. The predicted octanol–water partition coefficient (Wildman–Crippen LogP) is 1.84. The number of carboxylic acid groups (broad SMARTS) is 1. The summed E-state index contributed by atoms with van der Waals surface area (Å²) in [5, 5.41) is 8.92. The van der Waals surface area contributed by atoms with E-state index in [1.165, 1.54) is 12.3 Å². The van der Waals surface area contributed by atoms with Crippen LogP contribution in [-0.4, -0.2) is 20.6 Å². The molecule has 84 valence electrons. The van der Waals surface area contributed by atoms with Crippen molar-refractivity contribution in [3.8, 4) is 0 Å². The summed E-state index contributed by atoms with van der Waals surface area (Å²) >= 11 is 0. The number of rotatable bonds is 3. The van der Waals surface area contributed by atoms with Crippen molar-refractivity contribution in [3.05, 3.63) is 41.4 Å². The van der Waals surface area contributed by atoms with Crippen molar-refractivity contribution in [2.24, 2.45) is 0 Å². The Morgan fingerprint density at radius 2 is 2.31 bits per heavy atom. The first-order valence-corrected chi connectivity index (χ1v) is 4.87. The van der Waals surface area contributed by atoms with E-state index in [-0.39, 0.29) is 5.56 Å². The third-order valence-electron chi connectivity index (χ3n) is 2.63. The van der Waals surface area contributed by atoms with Crippen LogP contribution >= 0.6 is 0 Å². The molecule has 0 bridgehead atoms. The van der Waals surface area contributed by atoms with Crippen molar-refractivity contribution in [2.75, 3.05) is 0 Å². The first-order chi connectivity index (χ1) is 7.59. The molecule has 0 saturated carbocycles. The monoisotopic (exact) mass is 220 g/mol. The molecule has 5 nitrogen and oxygen atoms in total. The summed E-state index contributed by atoms with van der Waals surface area (Å²) < 4.78 is 7.03. The van der Waals surface area contributed by atoms with Crippen LogP contribution < -0.4 is 0 Å². The van der Waals surface area contributed by atoms with Crippen LogP contribution in [0.3, 0.4) is 0 Å². The minimum atomic E-state index is -0.974. The van der Waals surface area contributed by atoms with Crippen LogP contribution in [-0.2, 0) is 6.54 Å². The van der Waals surface area contributed by atoms with E-state index in [0.29, 0.717) is 12.3 Å². The molecule has 2 aromatic rings. The van der Waals surface area contributed by atoms with Gasteiger partial charge in [0.25, 0.3) is 0 Å². The molecule has 2 rings (SSSR count). The Morgan fingerprint density at radius 1 is 1.56 bits per heavy atom. The van der Waals surface area contributed by atoms with Crippen LogP contribution in [0.25, 0.3) is 0 Å². The van der Waals surface area contributed by atoms with Crippen LogP contribution in [0.15, 0.2) is 23.1 Å². The zero-order valence-corrected chi connectivity index (χ0v) is 9.10. The van der Waals surface area contributed by atoms with E-state index in [4.69, 9.17) is 9.52 Å². The van der Waals surface area contributed by atoms with Gasteiger partial charge in [-0.1, -0.05) is 0 Å². The molecule has 0 spiro atoms. The predicted molar refractivity (Wildman–Crippen MR) is 56.5 cm³/mol. The third kappa shape index (κ3) is 1.71. The first-order valence-electron chi connectivity index (χ1n) is 4.87. The highest BCUT2D eigenvalue weighted by molar-refractivity contribution is 5.88. The molecule has 0 unspecified atom stereocenters. The summed E-state index contributed by atoms with van der Waals surface area (Å²) in [5.74, 6) is -0.536. The molecule has 0 aromatic carbocycles. The van der Waals surface area contributed by atoms with Crippen molar-refractivity contribution < 1.29 is 14.3 Å². The van der Waals surface area contributed by atoms with Gasteiger partial charge in [0.15, 0.2) is 0 Å².